The van der Waals surface area contributed by atoms with Gasteiger partial charge >= 0.3 is 0 Å². The summed E-state index contributed by atoms with van der Waals surface area (Å²) in [5.74, 6) is 1.40. The molecule has 82 valence electrons. The molecule has 1 aliphatic carbocycles. The molecule has 3 nitrogen and oxygen atoms in total. The number of rotatable bonds is 2. The quantitative estimate of drug-likeness (QED) is 0.783. The van der Waals surface area contributed by atoms with E-state index in [-0.39, 0.29) is 0 Å². The Bertz CT molecular complexity index is 359. The molecular weight excluding hydrogens is 206 g/mol. The van der Waals surface area contributed by atoms with Gasteiger partial charge in [0.25, 0.3) is 0 Å². The maximum Gasteiger partial charge on any atom is 0.131 e. The minimum absolute atomic E-state index is 0.628. The fourth-order valence-electron chi connectivity index (χ4n) is 1.90. The average Bonchev–Trinajstić information content (AvgIpc) is 2.66. The van der Waals surface area contributed by atoms with Gasteiger partial charge in [0.2, 0.25) is 0 Å². The van der Waals surface area contributed by atoms with Gasteiger partial charge in [-0.05, 0) is 26.7 Å². The summed E-state index contributed by atoms with van der Waals surface area (Å²) in [6.45, 7) is 3.90. The molecule has 0 amide bonds. The molecule has 0 bridgehead atoms. The SMILES string of the molecule is Cc1nc(N)c(C)c(SC2CCCC2)n1. The summed E-state index contributed by atoms with van der Waals surface area (Å²) in [6, 6.07) is 0. The summed E-state index contributed by atoms with van der Waals surface area (Å²) >= 11 is 1.88. The first kappa shape index (κ1) is 10.7. The topological polar surface area (TPSA) is 51.8 Å². The van der Waals surface area contributed by atoms with Crippen LogP contribution in [0.2, 0.25) is 0 Å². The van der Waals surface area contributed by atoms with Gasteiger partial charge in [0.05, 0.1) is 0 Å². The Morgan fingerprint density at radius 1 is 1.20 bits per heavy atom. The van der Waals surface area contributed by atoms with Crippen LogP contribution >= 0.6 is 11.8 Å². The first-order chi connectivity index (χ1) is 7.16. The monoisotopic (exact) mass is 223 g/mol. The third-order valence-electron chi connectivity index (χ3n) is 2.83. The first-order valence-electron chi connectivity index (χ1n) is 5.44. The molecule has 1 heterocycles. The Balaban J connectivity index is 2.19. The van der Waals surface area contributed by atoms with Crippen LogP contribution in [-0.2, 0) is 0 Å². The molecule has 2 N–H and O–H groups in total. The van der Waals surface area contributed by atoms with E-state index in [1.54, 1.807) is 0 Å². The Labute approximate surface area is 94.9 Å². The smallest absolute Gasteiger partial charge is 0.131 e. The van der Waals surface area contributed by atoms with E-state index in [4.69, 9.17) is 5.73 Å². The molecule has 0 saturated heterocycles. The lowest BCUT2D eigenvalue weighted by Crippen LogP contribution is -2.04. The van der Waals surface area contributed by atoms with Crippen molar-refractivity contribution in [2.45, 2.75) is 49.8 Å². The van der Waals surface area contributed by atoms with E-state index >= 15 is 0 Å². The van der Waals surface area contributed by atoms with E-state index in [1.165, 1.54) is 25.7 Å². The molecule has 0 radical (unpaired) electrons. The lowest BCUT2D eigenvalue weighted by Gasteiger charge is -2.11. The summed E-state index contributed by atoms with van der Waals surface area (Å²) in [5, 5.41) is 1.81. The van der Waals surface area contributed by atoms with Crippen molar-refractivity contribution in [1.82, 2.24) is 9.97 Å². The number of aryl methyl sites for hydroxylation is 1. The van der Waals surface area contributed by atoms with Crippen LogP contribution in [0.15, 0.2) is 5.03 Å². The van der Waals surface area contributed by atoms with Gasteiger partial charge < -0.3 is 5.73 Å². The molecule has 4 heteroatoms. The lowest BCUT2D eigenvalue weighted by molar-refractivity contribution is 0.886. The number of nitrogens with zero attached hydrogens (tertiary/aromatic N) is 2. The van der Waals surface area contributed by atoms with Crippen molar-refractivity contribution in [3.63, 3.8) is 0 Å². The highest BCUT2D eigenvalue weighted by atomic mass is 32.2. The van der Waals surface area contributed by atoms with Crippen molar-refractivity contribution in [1.29, 1.82) is 0 Å². The maximum atomic E-state index is 5.83. The van der Waals surface area contributed by atoms with E-state index in [0.29, 0.717) is 5.82 Å². The maximum absolute atomic E-state index is 5.83. The largest absolute Gasteiger partial charge is 0.383 e. The van der Waals surface area contributed by atoms with Gasteiger partial charge in [-0.2, -0.15) is 0 Å². The molecule has 2 rings (SSSR count). The number of hydrogen-bond acceptors (Lipinski definition) is 4. The van der Waals surface area contributed by atoms with Crippen molar-refractivity contribution in [3.8, 4) is 0 Å². The number of nitrogens with two attached hydrogens (primary N) is 1. The van der Waals surface area contributed by atoms with E-state index in [9.17, 15) is 0 Å². The van der Waals surface area contributed by atoms with Crippen LogP contribution in [0.3, 0.4) is 0 Å². The molecule has 0 spiro atoms. The average molecular weight is 223 g/mol. The summed E-state index contributed by atoms with van der Waals surface area (Å²) in [5.41, 5.74) is 6.87. The predicted molar refractivity (Wildman–Crippen MR) is 64.0 cm³/mol. The van der Waals surface area contributed by atoms with E-state index in [0.717, 1.165) is 21.7 Å². The highest BCUT2D eigenvalue weighted by Crippen LogP contribution is 2.35. The second kappa shape index (κ2) is 4.39. The van der Waals surface area contributed by atoms with Crippen LogP contribution in [0.5, 0.6) is 0 Å². The van der Waals surface area contributed by atoms with Crippen molar-refractivity contribution in [2.24, 2.45) is 0 Å². The zero-order valence-electron chi connectivity index (χ0n) is 9.29. The fourth-order valence-corrected chi connectivity index (χ4v) is 3.25. The van der Waals surface area contributed by atoms with E-state index < -0.39 is 0 Å². The van der Waals surface area contributed by atoms with Gasteiger partial charge in [0.1, 0.15) is 16.7 Å². The summed E-state index contributed by atoms with van der Waals surface area (Å²) in [7, 11) is 0. The number of thioether (sulfide) groups is 1. The van der Waals surface area contributed by atoms with Gasteiger partial charge in [-0.15, -0.1) is 11.8 Å². The van der Waals surface area contributed by atoms with Crippen molar-refractivity contribution in [2.75, 3.05) is 5.73 Å². The van der Waals surface area contributed by atoms with E-state index in [1.807, 2.05) is 25.6 Å². The first-order valence-corrected chi connectivity index (χ1v) is 6.32. The van der Waals surface area contributed by atoms with E-state index in [2.05, 4.69) is 9.97 Å². The Hall–Kier alpha value is -0.770. The highest BCUT2D eigenvalue weighted by Gasteiger charge is 2.18. The van der Waals surface area contributed by atoms with Gasteiger partial charge in [0.15, 0.2) is 0 Å². The van der Waals surface area contributed by atoms with Crippen molar-refractivity contribution < 1.29 is 0 Å². The minimum atomic E-state index is 0.628. The molecule has 0 aromatic carbocycles. The third kappa shape index (κ3) is 2.43. The van der Waals surface area contributed by atoms with Crippen molar-refractivity contribution >= 4 is 17.6 Å². The number of anilines is 1. The second-order valence-corrected chi connectivity index (χ2v) is 5.40. The minimum Gasteiger partial charge on any atom is -0.383 e. The van der Waals surface area contributed by atoms with Crippen LogP contribution < -0.4 is 5.73 Å². The lowest BCUT2D eigenvalue weighted by atomic mass is 10.3. The Morgan fingerprint density at radius 2 is 1.87 bits per heavy atom. The van der Waals surface area contributed by atoms with Gasteiger partial charge in [-0.25, -0.2) is 9.97 Å². The number of nitrogen functional groups attached to an aromatic ring is 1. The molecule has 1 fully saturated rings. The standard InChI is InChI=1S/C11H17N3S/c1-7-10(12)13-8(2)14-11(7)15-9-5-3-4-6-9/h9H,3-6H2,1-2H3,(H2,12,13,14). The van der Waals surface area contributed by atoms with Gasteiger partial charge in [-0.1, -0.05) is 12.8 Å². The molecule has 1 aromatic heterocycles. The third-order valence-corrected chi connectivity index (χ3v) is 4.26. The molecule has 15 heavy (non-hydrogen) atoms. The Morgan fingerprint density at radius 3 is 2.53 bits per heavy atom. The Kier molecular flexibility index (Phi) is 3.14. The van der Waals surface area contributed by atoms with Crippen LogP contribution in [0.1, 0.15) is 37.1 Å². The normalized spacial score (nSPS) is 17.2. The summed E-state index contributed by atoms with van der Waals surface area (Å²) in [4.78, 5) is 8.63. The van der Waals surface area contributed by atoms with Crippen molar-refractivity contribution in [3.05, 3.63) is 11.4 Å². The molecular formula is C11H17N3S. The van der Waals surface area contributed by atoms with Crippen LogP contribution in [-0.4, -0.2) is 15.2 Å². The fraction of sp³-hybridized carbons (Fsp3) is 0.636. The zero-order valence-corrected chi connectivity index (χ0v) is 10.1. The molecule has 0 unspecified atom stereocenters. The van der Waals surface area contributed by atoms with Gasteiger partial charge in [0, 0.05) is 10.8 Å². The summed E-state index contributed by atoms with van der Waals surface area (Å²) < 4.78 is 0. The van der Waals surface area contributed by atoms with Gasteiger partial charge in [-0.3, -0.25) is 0 Å². The van der Waals surface area contributed by atoms with Crippen LogP contribution in [0.4, 0.5) is 5.82 Å². The summed E-state index contributed by atoms with van der Waals surface area (Å²) in [6.07, 6.45) is 5.34. The van der Waals surface area contributed by atoms with Crippen LogP contribution in [0, 0.1) is 13.8 Å². The highest BCUT2D eigenvalue weighted by molar-refractivity contribution is 7.99. The molecule has 1 aromatic rings. The number of aromatic nitrogens is 2. The molecule has 0 aliphatic heterocycles. The molecule has 1 saturated carbocycles. The zero-order chi connectivity index (χ0) is 10.8. The number of hydrogen-bond donors (Lipinski definition) is 1. The molecule has 1 aliphatic rings. The van der Waals surface area contributed by atoms with Crippen LogP contribution in [0.25, 0.3) is 0 Å². The second-order valence-electron chi connectivity index (χ2n) is 4.11. The molecule has 0 atom stereocenters. The predicted octanol–water partition coefficient (Wildman–Crippen LogP) is 2.71.